The second-order valence-electron chi connectivity index (χ2n) is 3.07. The molecule has 0 N–H and O–H groups in total. The number of esters is 1. The maximum absolute atomic E-state index is 10.7. The molecule has 68 valence electrons. The van der Waals surface area contributed by atoms with Crippen LogP contribution in [0.2, 0.25) is 0 Å². The summed E-state index contributed by atoms with van der Waals surface area (Å²) in [7, 11) is 3.46. The maximum Gasteiger partial charge on any atom is 0.330 e. The van der Waals surface area contributed by atoms with E-state index in [0.717, 1.165) is 13.0 Å². The summed E-state index contributed by atoms with van der Waals surface area (Å²) in [5.74, 6) is -0.268. The molecule has 1 heterocycles. The van der Waals surface area contributed by atoms with Gasteiger partial charge in [0.05, 0.1) is 7.11 Å². The minimum Gasteiger partial charge on any atom is -0.466 e. The van der Waals surface area contributed by atoms with Crippen molar-refractivity contribution in [2.45, 2.75) is 18.9 Å². The number of rotatable bonds is 2. The van der Waals surface area contributed by atoms with E-state index in [1.54, 1.807) is 0 Å². The number of carbonyl (C=O) groups is 1. The van der Waals surface area contributed by atoms with Crippen molar-refractivity contribution < 1.29 is 9.53 Å². The number of ether oxygens (including phenoxy) is 1. The monoisotopic (exact) mass is 169 g/mol. The number of methoxy groups -OCH3 is 1. The van der Waals surface area contributed by atoms with Gasteiger partial charge in [-0.1, -0.05) is 6.08 Å². The average Bonchev–Trinajstić information content (AvgIpc) is 2.47. The van der Waals surface area contributed by atoms with Crippen LogP contribution in [0.5, 0.6) is 0 Å². The summed E-state index contributed by atoms with van der Waals surface area (Å²) in [6, 6.07) is 0.420. The van der Waals surface area contributed by atoms with E-state index in [0.29, 0.717) is 6.04 Å². The van der Waals surface area contributed by atoms with Crippen molar-refractivity contribution in [3.63, 3.8) is 0 Å². The number of likely N-dealkylation sites (N-methyl/N-ethyl adjacent to an activating group) is 1. The van der Waals surface area contributed by atoms with Crippen molar-refractivity contribution in [2.24, 2.45) is 0 Å². The van der Waals surface area contributed by atoms with E-state index >= 15 is 0 Å². The molecule has 0 aromatic rings. The summed E-state index contributed by atoms with van der Waals surface area (Å²) in [6.07, 6.45) is 5.78. The Morgan fingerprint density at radius 3 is 2.92 bits per heavy atom. The van der Waals surface area contributed by atoms with Crippen LogP contribution in [-0.2, 0) is 9.53 Å². The van der Waals surface area contributed by atoms with Gasteiger partial charge >= 0.3 is 5.97 Å². The van der Waals surface area contributed by atoms with Crippen molar-refractivity contribution >= 4 is 5.97 Å². The van der Waals surface area contributed by atoms with E-state index in [4.69, 9.17) is 0 Å². The van der Waals surface area contributed by atoms with E-state index in [1.807, 2.05) is 6.08 Å². The molecule has 1 atom stereocenters. The topological polar surface area (TPSA) is 29.5 Å². The van der Waals surface area contributed by atoms with E-state index in [9.17, 15) is 4.79 Å². The Morgan fingerprint density at radius 2 is 2.42 bits per heavy atom. The van der Waals surface area contributed by atoms with Gasteiger partial charge < -0.3 is 4.74 Å². The lowest BCUT2D eigenvalue weighted by atomic mass is 10.2. The number of carbonyl (C=O) groups excluding carboxylic acids is 1. The van der Waals surface area contributed by atoms with Gasteiger partial charge in [-0.3, -0.25) is 4.90 Å². The summed E-state index contributed by atoms with van der Waals surface area (Å²) in [4.78, 5) is 13.0. The molecule has 1 aliphatic rings. The van der Waals surface area contributed by atoms with Gasteiger partial charge in [-0.15, -0.1) is 0 Å². The highest BCUT2D eigenvalue weighted by atomic mass is 16.5. The van der Waals surface area contributed by atoms with E-state index in [1.165, 1.54) is 19.6 Å². The van der Waals surface area contributed by atoms with Crippen molar-refractivity contribution in [1.29, 1.82) is 0 Å². The number of hydrogen-bond acceptors (Lipinski definition) is 3. The summed E-state index contributed by atoms with van der Waals surface area (Å²) in [6.45, 7) is 1.12. The fourth-order valence-electron chi connectivity index (χ4n) is 1.44. The Labute approximate surface area is 73.0 Å². The standard InChI is InChI=1S/C9H15NO2/c1-10-7-3-4-8(10)5-6-9(11)12-2/h5-6,8H,3-4,7H2,1-2H3/b6-5-. The first kappa shape index (κ1) is 9.26. The van der Waals surface area contributed by atoms with Crippen molar-refractivity contribution in [3.8, 4) is 0 Å². The van der Waals surface area contributed by atoms with Crippen LogP contribution in [0.3, 0.4) is 0 Å². The summed E-state index contributed by atoms with van der Waals surface area (Å²) in [5, 5.41) is 0. The molecule has 0 saturated carbocycles. The van der Waals surface area contributed by atoms with Crippen LogP contribution in [0.25, 0.3) is 0 Å². The van der Waals surface area contributed by atoms with Crippen LogP contribution in [0.4, 0.5) is 0 Å². The predicted octanol–water partition coefficient (Wildman–Crippen LogP) is 0.810. The Balaban J connectivity index is 2.39. The molecule has 0 aromatic carbocycles. The molecular weight excluding hydrogens is 154 g/mol. The lowest BCUT2D eigenvalue weighted by Gasteiger charge is -2.14. The van der Waals surface area contributed by atoms with Gasteiger partial charge in [0.25, 0.3) is 0 Å². The van der Waals surface area contributed by atoms with Crippen LogP contribution in [0.1, 0.15) is 12.8 Å². The van der Waals surface area contributed by atoms with Crippen LogP contribution in [-0.4, -0.2) is 37.6 Å². The van der Waals surface area contributed by atoms with Crippen LogP contribution in [0, 0.1) is 0 Å². The fraction of sp³-hybridized carbons (Fsp3) is 0.667. The molecule has 1 unspecified atom stereocenters. The van der Waals surface area contributed by atoms with Crippen molar-refractivity contribution in [3.05, 3.63) is 12.2 Å². The van der Waals surface area contributed by atoms with Crippen LogP contribution in [0.15, 0.2) is 12.2 Å². The third-order valence-electron chi connectivity index (χ3n) is 2.23. The van der Waals surface area contributed by atoms with Gasteiger partial charge in [0.15, 0.2) is 0 Å². The predicted molar refractivity (Wildman–Crippen MR) is 46.8 cm³/mol. The highest BCUT2D eigenvalue weighted by molar-refractivity contribution is 5.81. The zero-order valence-electron chi connectivity index (χ0n) is 7.62. The maximum atomic E-state index is 10.7. The third kappa shape index (κ3) is 2.34. The van der Waals surface area contributed by atoms with Crippen molar-refractivity contribution in [2.75, 3.05) is 20.7 Å². The summed E-state index contributed by atoms with van der Waals surface area (Å²) < 4.78 is 4.50. The van der Waals surface area contributed by atoms with Crippen LogP contribution < -0.4 is 0 Å². The van der Waals surface area contributed by atoms with E-state index < -0.39 is 0 Å². The Morgan fingerprint density at radius 1 is 1.67 bits per heavy atom. The average molecular weight is 169 g/mol. The second-order valence-corrected chi connectivity index (χ2v) is 3.07. The van der Waals surface area contributed by atoms with Gasteiger partial charge in [-0.2, -0.15) is 0 Å². The molecule has 3 heteroatoms. The Hall–Kier alpha value is -0.830. The lowest BCUT2D eigenvalue weighted by Crippen LogP contribution is -2.22. The molecule has 3 nitrogen and oxygen atoms in total. The minimum absolute atomic E-state index is 0.268. The minimum atomic E-state index is -0.268. The first-order valence-corrected chi connectivity index (χ1v) is 4.20. The quantitative estimate of drug-likeness (QED) is 0.452. The highest BCUT2D eigenvalue weighted by Crippen LogP contribution is 2.15. The molecule has 12 heavy (non-hydrogen) atoms. The van der Waals surface area contributed by atoms with E-state index in [2.05, 4.69) is 16.7 Å². The first-order valence-electron chi connectivity index (χ1n) is 4.20. The number of hydrogen-bond donors (Lipinski definition) is 0. The molecule has 1 fully saturated rings. The second kappa shape index (κ2) is 4.26. The summed E-state index contributed by atoms with van der Waals surface area (Å²) in [5.41, 5.74) is 0. The Kier molecular flexibility index (Phi) is 3.29. The molecule has 0 radical (unpaired) electrons. The largest absolute Gasteiger partial charge is 0.466 e. The Bertz CT molecular complexity index is 189. The van der Waals surface area contributed by atoms with Crippen molar-refractivity contribution in [1.82, 2.24) is 4.90 Å². The van der Waals surface area contributed by atoms with Gasteiger partial charge in [0, 0.05) is 12.1 Å². The SMILES string of the molecule is COC(=O)/C=C\C1CCCN1C. The molecule has 0 spiro atoms. The molecule has 0 bridgehead atoms. The van der Waals surface area contributed by atoms with Gasteiger partial charge in [-0.05, 0) is 26.4 Å². The molecule has 0 aliphatic carbocycles. The zero-order chi connectivity index (χ0) is 8.97. The molecule has 0 amide bonds. The van der Waals surface area contributed by atoms with Gasteiger partial charge in [0.2, 0.25) is 0 Å². The van der Waals surface area contributed by atoms with Gasteiger partial charge in [0.1, 0.15) is 0 Å². The fourth-order valence-corrected chi connectivity index (χ4v) is 1.44. The number of likely N-dealkylation sites (tertiary alicyclic amines) is 1. The molecule has 0 aromatic heterocycles. The summed E-state index contributed by atoms with van der Waals surface area (Å²) >= 11 is 0. The molecule has 1 aliphatic heterocycles. The molecular formula is C9H15NO2. The third-order valence-corrected chi connectivity index (χ3v) is 2.23. The normalized spacial score (nSPS) is 25.0. The smallest absolute Gasteiger partial charge is 0.330 e. The van der Waals surface area contributed by atoms with Gasteiger partial charge in [-0.25, -0.2) is 4.79 Å². The zero-order valence-corrected chi connectivity index (χ0v) is 7.62. The van der Waals surface area contributed by atoms with Crippen LogP contribution >= 0.6 is 0 Å². The number of nitrogens with zero attached hydrogens (tertiary/aromatic N) is 1. The highest BCUT2D eigenvalue weighted by Gasteiger charge is 2.17. The molecule has 1 saturated heterocycles. The lowest BCUT2D eigenvalue weighted by molar-refractivity contribution is -0.134. The first-order chi connectivity index (χ1) is 5.74. The molecule has 1 rings (SSSR count). The van der Waals surface area contributed by atoms with E-state index in [-0.39, 0.29) is 5.97 Å².